The summed E-state index contributed by atoms with van der Waals surface area (Å²) < 4.78 is 24.1. The first-order chi connectivity index (χ1) is 17.0. The van der Waals surface area contributed by atoms with Crippen LogP contribution in [0.15, 0.2) is 76.2 Å². The molecule has 1 aromatic carbocycles. The van der Waals surface area contributed by atoms with Crippen LogP contribution >= 0.6 is 11.8 Å². The van der Waals surface area contributed by atoms with Crippen molar-refractivity contribution >= 4 is 28.8 Å². The van der Waals surface area contributed by atoms with Crippen LogP contribution in [0.25, 0.3) is 0 Å². The third-order valence-electron chi connectivity index (χ3n) is 5.48. The van der Waals surface area contributed by atoms with E-state index in [1.807, 2.05) is 22.4 Å². The number of allylic oxidation sites excluding steroid dienone is 1. The van der Waals surface area contributed by atoms with Crippen molar-refractivity contribution in [1.29, 1.82) is 0 Å². The molecule has 0 fully saturated rings. The third-order valence-corrected chi connectivity index (χ3v) is 6.37. The fourth-order valence-corrected chi connectivity index (χ4v) is 4.78. The normalized spacial score (nSPS) is 17.0. The number of carbonyl (C=O) groups is 2. The number of amidine groups is 1. The number of rotatable bonds is 9. The molecule has 1 amide bonds. The second-order valence-electron chi connectivity index (χ2n) is 7.89. The maximum atomic E-state index is 13.7. The molecule has 2 aromatic rings. The highest BCUT2D eigenvalue weighted by Gasteiger charge is 2.41. The van der Waals surface area contributed by atoms with Crippen LogP contribution in [-0.4, -0.2) is 47.3 Å². The first-order valence-electron chi connectivity index (χ1n) is 11.0. The molecule has 1 atom stereocenters. The van der Waals surface area contributed by atoms with Crippen molar-refractivity contribution in [2.45, 2.75) is 25.9 Å². The lowest BCUT2D eigenvalue weighted by Crippen LogP contribution is -2.38. The Hall–Kier alpha value is -3.50. The highest BCUT2D eigenvalue weighted by atomic mass is 32.2. The summed E-state index contributed by atoms with van der Waals surface area (Å²) in [5.41, 5.74) is 3.10. The van der Waals surface area contributed by atoms with Crippen molar-refractivity contribution in [2.24, 2.45) is 4.99 Å². The second-order valence-corrected chi connectivity index (χ2v) is 8.72. The van der Waals surface area contributed by atoms with Gasteiger partial charge in [-0.2, -0.15) is 0 Å². The van der Waals surface area contributed by atoms with Gasteiger partial charge in [0.25, 0.3) is 0 Å². The number of thioether (sulfide) groups is 1. The lowest BCUT2D eigenvalue weighted by atomic mass is 9.94. The molecule has 35 heavy (non-hydrogen) atoms. The number of methoxy groups -OCH3 is 1. The van der Waals surface area contributed by atoms with E-state index in [1.165, 1.54) is 31.0 Å². The van der Waals surface area contributed by atoms with Crippen LogP contribution < -0.4 is 5.32 Å². The molecule has 0 saturated carbocycles. The van der Waals surface area contributed by atoms with Crippen molar-refractivity contribution in [1.82, 2.24) is 15.2 Å². The number of hydrogen-bond acceptors (Lipinski definition) is 8. The molecule has 2 aliphatic rings. The van der Waals surface area contributed by atoms with Crippen LogP contribution in [0.3, 0.4) is 0 Å². The van der Waals surface area contributed by atoms with Gasteiger partial charge in [-0.05, 0) is 41.7 Å². The zero-order chi connectivity index (χ0) is 24.8. The van der Waals surface area contributed by atoms with Crippen LogP contribution in [0, 0.1) is 5.82 Å². The minimum atomic E-state index is -0.620. The first kappa shape index (κ1) is 24.6. The van der Waals surface area contributed by atoms with Gasteiger partial charge in [0.05, 0.1) is 30.3 Å². The van der Waals surface area contributed by atoms with E-state index in [0.29, 0.717) is 34.2 Å². The fourth-order valence-electron chi connectivity index (χ4n) is 3.82. The van der Waals surface area contributed by atoms with Gasteiger partial charge in [-0.25, -0.2) is 14.2 Å². The molecule has 182 valence electrons. The number of ether oxygens (including phenoxy) is 2. The van der Waals surface area contributed by atoms with E-state index in [4.69, 9.17) is 9.47 Å². The molecule has 0 bridgehead atoms. The van der Waals surface area contributed by atoms with E-state index >= 15 is 0 Å². The van der Waals surface area contributed by atoms with E-state index in [-0.39, 0.29) is 31.4 Å². The van der Waals surface area contributed by atoms with Gasteiger partial charge in [0, 0.05) is 31.7 Å². The summed E-state index contributed by atoms with van der Waals surface area (Å²) in [6.07, 6.45) is 3.45. The maximum Gasteiger partial charge on any atom is 0.338 e. The number of pyridine rings is 1. The maximum absolute atomic E-state index is 13.7. The molecule has 0 aliphatic carbocycles. The molecule has 3 heterocycles. The number of fused-ring (bicyclic) bond motifs is 1. The number of benzene rings is 1. The number of nitrogens with zero attached hydrogens (tertiary/aromatic N) is 3. The molecule has 0 saturated heterocycles. The Morgan fingerprint density at radius 1 is 1.20 bits per heavy atom. The first-order valence-corrected chi connectivity index (χ1v) is 11.9. The Kier molecular flexibility index (Phi) is 7.94. The molecule has 8 nitrogen and oxygen atoms in total. The average Bonchev–Trinajstić information content (AvgIpc) is 3.25. The molecule has 2 aliphatic heterocycles. The van der Waals surface area contributed by atoms with E-state index < -0.39 is 12.0 Å². The zero-order valence-corrected chi connectivity index (χ0v) is 20.2. The van der Waals surface area contributed by atoms with Gasteiger partial charge in [0.2, 0.25) is 5.91 Å². The number of halogens is 1. The van der Waals surface area contributed by atoms with Gasteiger partial charge in [0.1, 0.15) is 12.4 Å². The molecule has 4 rings (SSSR count). The van der Waals surface area contributed by atoms with Crippen LogP contribution in [0.1, 0.15) is 30.5 Å². The number of nitrogens with one attached hydrogen (secondary N) is 1. The Morgan fingerprint density at radius 2 is 2.00 bits per heavy atom. The average molecular weight is 497 g/mol. The summed E-state index contributed by atoms with van der Waals surface area (Å²) >= 11 is 1.37. The standard InChI is InChI=1S/C25H25FN4O4S/c1-16-22(24(32)34-11-10-33-2)23(18-5-7-19(26)8-6-18)30-20(15-35-25(30)29-16)12-21(31)28-14-17-4-3-9-27-13-17/h3-9,13,15,23H,10-12,14H2,1-2H3,(H,28,31). The van der Waals surface area contributed by atoms with E-state index in [0.717, 1.165) is 5.56 Å². The Morgan fingerprint density at radius 3 is 2.71 bits per heavy atom. The molecular formula is C25H25FN4O4S. The van der Waals surface area contributed by atoms with Gasteiger partial charge >= 0.3 is 5.97 Å². The number of esters is 1. The largest absolute Gasteiger partial charge is 0.460 e. The minimum Gasteiger partial charge on any atom is -0.460 e. The lowest BCUT2D eigenvalue weighted by molar-refractivity contribution is -0.141. The van der Waals surface area contributed by atoms with Crippen molar-refractivity contribution in [3.63, 3.8) is 0 Å². The summed E-state index contributed by atoms with van der Waals surface area (Å²) in [4.78, 5) is 36.4. The summed E-state index contributed by atoms with van der Waals surface area (Å²) in [7, 11) is 1.52. The highest BCUT2D eigenvalue weighted by molar-refractivity contribution is 8.16. The van der Waals surface area contributed by atoms with Crippen LogP contribution in [-0.2, 0) is 25.6 Å². The van der Waals surface area contributed by atoms with Crippen LogP contribution in [0.4, 0.5) is 4.39 Å². The molecule has 1 unspecified atom stereocenters. The van der Waals surface area contributed by atoms with Crippen molar-refractivity contribution in [3.8, 4) is 0 Å². The van der Waals surface area contributed by atoms with Crippen molar-refractivity contribution < 1.29 is 23.5 Å². The fraction of sp³-hybridized carbons (Fsp3) is 0.280. The molecular weight excluding hydrogens is 471 g/mol. The molecule has 1 N–H and O–H groups in total. The number of carbonyl (C=O) groups excluding carboxylic acids is 2. The van der Waals surface area contributed by atoms with Crippen LogP contribution in [0.2, 0.25) is 0 Å². The summed E-state index contributed by atoms with van der Waals surface area (Å²) in [6.45, 7) is 2.45. The number of hydrogen-bond donors (Lipinski definition) is 1. The SMILES string of the molecule is COCCOC(=O)C1=C(C)N=C2SC=C(CC(=O)NCc3cccnc3)N2C1c1ccc(F)cc1. The number of amides is 1. The van der Waals surface area contributed by atoms with Gasteiger partial charge in [0.15, 0.2) is 5.17 Å². The number of aliphatic imine (C=N–C) groups is 1. The van der Waals surface area contributed by atoms with Gasteiger partial charge in [-0.3, -0.25) is 9.78 Å². The van der Waals surface area contributed by atoms with E-state index in [9.17, 15) is 14.0 Å². The van der Waals surface area contributed by atoms with Gasteiger partial charge in [-0.15, -0.1) is 0 Å². The predicted octanol–water partition coefficient (Wildman–Crippen LogP) is 3.69. The highest BCUT2D eigenvalue weighted by Crippen LogP contribution is 2.44. The number of aromatic nitrogens is 1. The predicted molar refractivity (Wildman–Crippen MR) is 130 cm³/mol. The van der Waals surface area contributed by atoms with E-state index in [2.05, 4.69) is 15.3 Å². The monoisotopic (exact) mass is 496 g/mol. The minimum absolute atomic E-state index is 0.0784. The Balaban J connectivity index is 1.59. The summed E-state index contributed by atoms with van der Waals surface area (Å²) in [6, 6.07) is 9.01. The Bertz CT molecular complexity index is 1180. The summed E-state index contributed by atoms with van der Waals surface area (Å²) in [5.74, 6) is -1.10. The third kappa shape index (κ3) is 5.77. The topological polar surface area (TPSA) is 93.1 Å². The van der Waals surface area contributed by atoms with Gasteiger partial charge in [-0.1, -0.05) is 30.0 Å². The van der Waals surface area contributed by atoms with Crippen LogP contribution in [0.5, 0.6) is 0 Å². The van der Waals surface area contributed by atoms with Crippen molar-refractivity contribution in [3.05, 3.63) is 88.1 Å². The lowest BCUT2D eigenvalue weighted by Gasteiger charge is -2.36. The molecule has 0 spiro atoms. The smallest absolute Gasteiger partial charge is 0.338 e. The Labute approximate surface area is 206 Å². The van der Waals surface area contributed by atoms with Crippen molar-refractivity contribution in [2.75, 3.05) is 20.3 Å². The quantitative estimate of drug-likeness (QED) is 0.418. The molecule has 0 radical (unpaired) electrons. The summed E-state index contributed by atoms with van der Waals surface area (Å²) in [5, 5.41) is 5.39. The second kappa shape index (κ2) is 11.3. The van der Waals surface area contributed by atoms with Gasteiger partial charge < -0.3 is 19.7 Å². The van der Waals surface area contributed by atoms with E-state index in [1.54, 1.807) is 31.5 Å². The molecule has 1 aromatic heterocycles. The molecule has 10 heteroatoms. The zero-order valence-electron chi connectivity index (χ0n) is 19.4.